The topological polar surface area (TPSA) is 24.9 Å². The van der Waals surface area contributed by atoms with Crippen molar-refractivity contribution < 1.29 is 0 Å². The maximum atomic E-state index is 6.36. The van der Waals surface area contributed by atoms with E-state index in [2.05, 4.69) is 29.5 Å². The Morgan fingerprint density at radius 1 is 1.09 bits per heavy atom. The summed E-state index contributed by atoms with van der Waals surface area (Å²) in [6, 6.07) is 13.1. The Balaban J connectivity index is 1.94. The first-order valence-electron chi connectivity index (χ1n) is 6.54. The van der Waals surface area contributed by atoms with Crippen LogP contribution in [0.2, 0.25) is 10.0 Å². The SMILES string of the molecule is C=C(Nc1ccc(Cl)c(S)c1)c1cc2ncccc2cc1Cl. The van der Waals surface area contributed by atoms with Crippen molar-refractivity contribution in [1.29, 1.82) is 0 Å². The summed E-state index contributed by atoms with van der Waals surface area (Å²) >= 11 is 16.6. The van der Waals surface area contributed by atoms with E-state index in [1.807, 2.05) is 36.4 Å². The summed E-state index contributed by atoms with van der Waals surface area (Å²) in [4.78, 5) is 5.04. The highest BCUT2D eigenvalue weighted by atomic mass is 35.5. The predicted octanol–water partition coefficient (Wildman–Crippen LogP) is 5.91. The van der Waals surface area contributed by atoms with Gasteiger partial charge in [0.15, 0.2) is 0 Å². The van der Waals surface area contributed by atoms with Gasteiger partial charge in [0, 0.05) is 33.4 Å². The predicted molar refractivity (Wildman–Crippen MR) is 98.1 cm³/mol. The Morgan fingerprint density at radius 3 is 2.68 bits per heavy atom. The fraction of sp³-hybridized carbons (Fsp3) is 0. The van der Waals surface area contributed by atoms with Gasteiger partial charge in [0.05, 0.1) is 15.6 Å². The molecule has 3 aromatic rings. The van der Waals surface area contributed by atoms with Crippen molar-refractivity contribution in [3.8, 4) is 0 Å². The van der Waals surface area contributed by atoms with Gasteiger partial charge in [-0.25, -0.2) is 0 Å². The second kappa shape index (κ2) is 6.21. The second-order valence-electron chi connectivity index (χ2n) is 4.80. The Morgan fingerprint density at radius 2 is 1.91 bits per heavy atom. The molecule has 0 bridgehead atoms. The molecule has 5 heteroatoms. The maximum absolute atomic E-state index is 6.36. The third kappa shape index (κ3) is 3.07. The average molecular weight is 347 g/mol. The molecule has 110 valence electrons. The Kier molecular flexibility index (Phi) is 4.30. The first kappa shape index (κ1) is 15.2. The number of pyridine rings is 1. The second-order valence-corrected chi connectivity index (χ2v) is 6.09. The highest BCUT2D eigenvalue weighted by Gasteiger charge is 2.08. The molecule has 1 N–H and O–H groups in total. The number of hydrogen-bond acceptors (Lipinski definition) is 3. The van der Waals surface area contributed by atoms with Crippen LogP contribution in [0.25, 0.3) is 16.6 Å². The molecule has 0 spiro atoms. The number of halogens is 2. The van der Waals surface area contributed by atoms with Crippen molar-refractivity contribution in [1.82, 2.24) is 4.98 Å². The molecule has 3 rings (SSSR count). The highest BCUT2D eigenvalue weighted by Crippen LogP contribution is 2.30. The van der Waals surface area contributed by atoms with Crippen molar-refractivity contribution in [3.05, 3.63) is 70.8 Å². The summed E-state index contributed by atoms with van der Waals surface area (Å²) in [5.41, 5.74) is 3.21. The molecule has 0 fully saturated rings. The Hall–Kier alpha value is -1.68. The zero-order chi connectivity index (χ0) is 15.7. The van der Waals surface area contributed by atoms with Gasteiger partial charge in [-0.3, -0.25) is 4.98 Å². The molecule has 0 aliphatic carbocycles. The quantitative estimate of drug-likeness (QED) is 0.576. The molecule has 0 radical (unpaired) electrons. The smallest absolute Gasteiger partial charge is 0.0709 e. The standard InChI is InChI=1S/C17H12Cl2N2S/c1-10(21-12-4-5-14(18)17(22)8-12)13-9-16-11(7-15(13)19)3-2-6-20-16/h2-9,21-22H,1H2. The number of hydrogen-bond donors (Lipinski definition) is 2. The fourth-order valence-electron chi connectivity index (χ4n) is 2.16. The number of benzene rings is 2. The van der Waals surface area contributed by atoms with E-state index in [1.165, 1.54) is 0 Å². The fourth-order valence-corrected chi connectivity index (χ4v) is 2.77. The van der Waals surface area contributed by atoms with Crippen LogP contribution < -0.4 is 5.32 Å². The van der Waals surface area contributed by atoms with E-state index >= 15 is 0 Å². The number of nitrogens with one attached hydrogen (secondary N) is 1. The van der Waals surface area contributed by atoms with Crippen molar-refractivity contribution in [2.75, 3.05) is 5.32 Å². The van der Waals surface area contributed by atoms with Crippen LogP contribution in [0.3, 0.4) is 0 Å². The van der Waals surface area contributed by atoms with Crippen LogP contribution in [0.5, 0.6) is 0 Å². The molecule has 0 aliphatic rings. The summed E-state index contributed by atoms with van der Waals surface area (Å²) in [6.45, 7) is 4.06. The highest BCUT2D eigenvalue weighted by molar-refractivity contribution is 7.80. The zero-order valence-electron chi connectivity index (χ0n) is 11.5. The third-order valence-corrected chi connectivity index (χ3v) is 4.40. The van der Waals surface area contributed by atoms with Gasteiger partial charge in [-0.05, 0) is 36.4 Å². The van der Waals surface area contributed by atoms with Gasteiger partial charge in [0.25, 0.3) is 0 Å². The van der Waals surface area contributed by atoms with Crippen molar-refractivity contribution >= 4 is 58.1 Å². The number of fused-ring (bicyclic) bond motifs is 1. The van der Waals surface area contributed by atoms with Crippen molar-refractivity contribution in [2.45, 2.75) is 4.90 Å². The molecule has 22 heavy (non-hydrogen) atoms. The lowest BCUT2D eigenvalue weighted by Crippen LogP contribution is -1.98. The molecule has 0 aliphatic heterocycles. The van der Waals surface area contributed by atoms with E-state index in [1.54, 1.807) is 12.3 Å². The van der Waals surface area contributed by atoms with E-state index in [9.17, 15) is 0 Å². The summed E-state index contributed by atoms with van der Waals surface area (Å²) in [5, 5.41) is 5.44. The lowest BCUT2D eigenvalue weighted by atomic mass is 10.1. The minimum absolute atomic E-state index is 0.604. The molecule has 0 saturated carbocycles. The summed E-state index contributed by atoms with van der Waals surface area (Å²) in [7, 11) is 0. The number of rotatable bonds is 3. The monoisotopic (exact) mass is 346 g/mol. The molecule has 1 heterocycles. The van der Waals surface area contributed by atoms with Gasteiger partial charge in [-0.2, -0.15) is 0 Å². The van der Waals surface area contributed by atoms with Gasteiger partial charge in [-0.15, -0.1) is 12.6 Å². The lowest BCUT2D eigenvalue weighted by Gasteiger charge is -2.13. The maximum Gasteiger partial charge on any atom is 0.0709 e. The van der Waals surface area contributed by atoms with Gasteiger partial charge >= 0.3 is 0 Å². The van der Waals surface area contributed by atoms with E-state index in [0.29, 0.717) is 20.6 Å². The molecule has 1 aromatic heterocycles. The molecular weight excluding hydrogens is 335 g/mol. The van der Waals surface area contributed by atoms with E-state index in [4.69, 9.17) is 23.2 Å². The number of thiol groups is 1. The molecule has 2 nitrogen and oxygen atoms in total. The van der Waals surface area contributed by atoms with Gasteiger partial charge in [0.2, 0.25) is 0 Å². The molecule has 0 atom stereocenters. The van der Waals surface area contributed by atoms with E-state index in [-0.39, 0.29) is 0 Å². The van der Waals surface area contributed by atoms with Crippen molar-refractivity contribution in [2.24, 2.45) is 0 Å². The van der Waals surface area contributed by atoms with Crippen LogP contribution >= 0.6 is 35.8 Å². The number of aromatic nitrogens is 1. The van der Waals surface area contributed by atoms with Crippen molar-refractivity contribution in [3.63, 3.8) is 0 Å². The van der Waals surface area contributed by atoms with E-state index in [0.717, 1.165) is 22.2 Å². The minimum Gasteiger partial charge on any atom is -0.355 e. The molecule has 2 aromatic carbocycles. The van der Waals surface area contributed by atoms with Crippen LogP contribution in [0.15, 0.2) is 60.1 Å². The average Bonchev–Trinajstić information content (AvgIpc) is 2.50. The van der Waals surface area contributed by atoms with E-state index < -0.39 is 0 Å². The zero-order valence-corrected chi connectivity index (χ0v) is 13.9. The third-order valence-electron chi connectivity index (χ3n) is 3.26. The first-order chi connectivity index (χ1) is 10.5. The normalized spacial score (nSPS) is 10.7. The van der Waals surface area contributed by atoms with Crippen LogP contribution in [0, 0.1) is 0 Å². The Labute approximate surface area is 144 Å². The van der Waals surface area contributed by atoms with Gasteiger partial charge < -0.3 is 5.32 Å². The number of anilines is 1. The van der Waals surface area contributed by atoms with Gasteiger partial charge in [-0.1, -0.05) is 35.8 Å². The largest absolute Gasteiger partial charge is 0.355 e. The summed E-state index contributed by atoms with van der Waals surface area (Å²) < 4.78 is 0. The molecule has 0 unspecified atom stereocenters. The molecule has 0 amide bonds. The summed E-state index contributed by atoms with van der Waals surface area (Å²) in [5.74, 6) is 0. The van der Waals surface area contributed by atoms with Crippen LogP contribution in [0.1, 0.15) is 5.56 Å². The van der Waals surface area contributed by atoms with Gasteiger partial charge in [0.1, 0.15) is 0 Å². The molecular formula is C17H12Cl2N2S. The van der Waals surface area contributed by atoms with Crippen LogP contribution in [0.4, 0.5) is 5.69 Å². The van der Waals surface area contributed by atoms with Crippen LogP contribution in [-0.4, -0.2) is 4.98 Å². The minimum atomic E-state index is 0.604. The van der Waals surface area contributed by atoms with Crippen LogP contribution in [-0.2, 0) is 0 Å². The molecule has 0 saturated heterocycles. The summed E-state index contributed by atoms with van der Waals surface area (Å²) in [6.07, 6.45) is 1.75. The Bertz CT molecular complexity index is 878. The number of nitrogens with zero attached hydrogens (tertiary/aromatic N) is 1. The first-order valence-corrected chi connectivity index (χ1v) is 7.74. The lowest BCUT2D eigenvalue weighted by molar-refractivity contribution is 1.40.